The van der Waals surface area contributed by atoms with Gasteiger partial charge in [0, 0.05) is 22.6 Å². The summed E-state index contributed by atoms with van der Waals surface area (Å²) in [5.74, 6) is 0.555. The van der Waals surface area contributed by atoms with Crippen LogP contribution in [0.15, 0.2) is 12.4 Å². The molecule has 15 heavy (non-hydrogen) atoms. The minimum Gasteiger partial charge on any atom is -0.461 e. The second-order valence-electron chi connectivity index (χ2n) is 3.50. The number of hydrogen-bond donors (Lipinski definition) is 0. The highest BCUT2D eigenvalue weighted by atomic mass is 127. The summed E-state index contributed by atoms with van der Waals surface area (Å²) in [7, 11) is 0. The van der Waals surface area contributed by atoms with Crippen LogP contribution in [0.25, 0.3) is 0 Å². The van der Waals surface area contributed by atoms with Crippen LogP contribution in [0.1, 0.15) is 13.8 Å². The van der Waals surface area contributed by atoms with Crippen molar-refractivity contribution in [3.8, 4) is 6.01 Å². The Bertz CT molecular complexity index is 277. The molecular weight excluding hydrogens is 307 g/mol. The van der Waals surface area contributed by atoms with Gasteiger partial charge in [0.15, 0.2) is 0 Å². The fourth-order valence-corrected chi connectivity index (χ4v) is 1.16. The Kier molecular flexibility index (Phi) is 5.85. The highest BCUT2D eigenvalue weighted by Gasteiger charge is 1.97. The minimum absolute atomic E-state index is 0.406. The first-order valence-electron chi connectivity index (χ1n) is 4.86. The van der Waals surface area contributed by atoms with E-state index in [1.54, 1.807) is 12.4 Å². The van der Waals surface area contributed by atoms with Gasteiger partial charge < -0.3 is 9.47 Å². The van der Waals surface area contributed by atoms with Gasteiger partial charge in [-0.1, -0.05) is 13.8 Å². The fraction of sp³-hybridized carbons (Fsp3) is 0.600. The Labute approximate surface area is 104 Å². The zero-order valence-electron chi connectivity index (χ0n) is 8.94. The Morgan fingerprint density at radius 3 is 2.53 bits per heavy atom. The molecule has 0 saturated heterocycles. The van der Waals surface area contributed by atoms with E-state index >= 15 is 0 Å². The Balaban J connectivity index is 2.12. The standard InChI is InChI=1S/C10H15IN2O2/c1-8(2)7-14-3-4-15-10-12-5-9(11)6-13-10/h5-6,8H,3-4,7H2,1-2H3. The van der Waals surface area contributed by atoms with Gasteiger partial charge >= 0.3 is 6.01 Å². The third-order valence-electron chi connectivity index (χ3n) is 1.51. The summed E-state index contributed by atoms with van der Waals surface area (Å²) in [6.45, 7) is 6.06. The molecule has 0 aromatic carbocycles. The average Bonchev–Trinajstić information content (AvgIpc) is 2.20. The Hall–Kier alpha value is -0.430. The van der Waals surface area contributed by atoms with Crippen LogP contribution in [0.4, 0.5) is 0 Å². The van der Waals surface area contributed by atoms with Gasteiger partial charge in [0.25, 0.3) is 0 Å². The van der Waals surface area contributed by atoms with Gasteiger partial charge in [0.2, 0.25) is 0 Å². The van der Waals surface area contributed by atoms with Gasteiger partial charge in [0.1, 0.15) is 6.61 Å². The van der Waals surface area contributed by atoms with Crippen molar-refractivity contribution in [1.82, 2.24) is 9.97 Å². The number of nitrogens with zero attached hydrogens (tertiary/aromatic N) is 2. The van der Waals surface area contributed by atoms with Gasteiger partial charge in [-0.05, 0) is 28.5 Å². The minimum atomic E-state index is 0.406. The molecule has 0 aliphatic carbocycles. The molecule has 0 bridgehead atoms. The zero-order chi connectivity index (χ0) is 11.1. The van der Waals surface area contributed by atoms with E-state index in [0.29, 0.717) is 25.1 Å². The van der Waals surface area contributed by atoms with E-state index in [9.17, 15) is 0 Å². The predicted octanol–water partition coefficient (Wildman–Crippen LogP) is 2.13. The molecule has 0 aliphatic heterocycles. The first-order valence-corrected chi connectivity index (χ1v) is 5.94. The Morgan fingerprint density at radius 1 is 1.27 bits per heavy atom. The lowest BCUT2D eigenvalue weighted by molar-refractivity contribution is 0.0791. The summed E-state index contributed by atoms with van der Waals surface area (Å²) >= 11 is 2.15. The molecular formula is C10H15IN2O2. The van der Waals surface area contributed by atoms with E-state index in [1.165, 1.54) is 0 Å². The molecule has 5 heteroatoms. The largest absolute Gasteiger partial charge is 0.461 e. The van der Waals surface area contributed by atoms with Crippen molar-refractivity contribution in [3.63, 3.8) is 0 Å². The molecule has 0 N–H and O–H groups in total. The van der Waals surface area contributed by atoms with Crippen molar-refractivity contribution in [2.75, 3.05) is 19.8 Å². The van der Waals surface area contributed by atoms with Crippen LogP contribution in [-0.2, 0) is 4.74 Å². The molecule has 0 amide bonds. The third-order valence-corrected chi connectivity index (χ3v) is 2.06. The molecule has 84 valence electrons. The Morgan fingerprint density at radius 2 is 1.93 bits per heavy atom. The summed E-state index contributed by atoms with van der Waals surface area (Å²) in [4.78, 5) is 8.03. The van der Waals surface area contributed by atoms with E-state index in [0.717, 1.165) is 10.2 Å². The van der Waals surface area contributed by atoms with Gasteiger partial charge in [-0.2, -0.15) is 0 Å². The normalized spacial score (nSPS) is 10.7. The highest BCUT2D eigenvalue weighted by molar-refractivity contribution is 14.1. The van der Waals surface area contributed by atoms with Crippen molar-refractivity contribution in [2.24, 2.45) is 5.92 Å². The molecule has 0 fully saturated rings. The maximum absolute atomic E-state index is 5.36. The van der Waals surface area contributed by atoms with Crippen LogP contribution in [0.5, 0.6) is 6.01 Å². The molecule has 1 rings (SSSR count). The summed E-state index contributed by atoms with van der Waals surface area (Å²) in [6.07, 6.45) is 3.44. The van der Waals surface area contributed by atoms with Crippen LogP contribution in [-0.4, -0.2) is 29.8 Å². The lowest BCUT2D eigenvalue weighted by Gasteiger charge is -2.07. The first kappa shape index (κ1) is 12.6. The summed E-state index contributed by atoms with van der Waals surface area (Å²) in [5.41, 5.74) is 0. The highest BCUT2D eigenvalue weighted by Crippen LogP contribution is 2.04. The number of ether oxygens (including phenoxy) is 2. The van der Waals surface area contributed by atoms with Gasteiger partial charge in [0.05, 0.1) is 6.61 Å². The third kappa shape index (κ3) is 5.88. The van der Waals surface area contributed by atoms with Crippen LogP contribution in [0.2, 0.25) is 0 Å². The summed E-state index contributed by atoms with van der Waals surface area (Å²) < 4.78 is 11.6. The first-order chi connectivity index (χ1) is 7.18. The second-order valence-corrected chi connectivity index (χ2v) is 4.75. The molecule has 4 nitrogen and oxygen atoms in total. The van der Waals surface area contributed by atoms with Crippen molar-refractivity contribution in [2.45, 2.75) is 13.8 Å². The molecule has 0 radical (unpaired) electrons. The van der Waals surface area contributed by atoms with Crippen LogP contribution >= 0.6 is 22.6 Å². The van der Waals surface area contributed by atoms with Crippen molar-refractivity contribution < 1.29 is 9.47 Å². The van der Waals surface area contributed by atoms with Crippen molar-refractivity contribution in [1.29, 1.82) is 0 Å². The van der Waals surface area contributed by atoms with E-state index in [-0.39, 0.29) is 0 Å². The maximum Gasteiger partial charge on any atom is 0.316 e. The number of hydrogen-bond acceptors (Lipinski definition) is 4. The zero-order valence-corrected chi connectivity index (χ0v) is 11.1. The molecule has 0 unspecified atom stereocenters. The number of aromatic nitrogens is 2. The maximum atomic E-state index is 5.36. The SMILES string of the molecule is CC(C)COCCOc1ncc(I)cn1. The van der Waals surface area contributed by atoms with Gasteiger partial charge in [-0.3, -0.25) is 0 Å². The second kappa shape index (κ2) is 6.95. The number of rotatable bonds is 6. The quantitative estimate of drug-likeness (QED) is 0.594. The monoisotopic (exact) mass is 322 g/mol. The summed E-state index contributed by atoms with van der Waals surface area (Å²) in [6, 6.07) is 0.406. The molecule has 0 atom stereocenters. The predicted molar refractivity (Wildman–Crippen MR) is 65.9 cm³/mol. The summed E-state index contributed by atoms with van der Waals surface area (Å²) in [5, 5.41) is 0. The molecule has 1 heterocycles. The smallest absolute Gasteiger partial charge is 0.316 e. The molecule has 1 aromatic rings. The molecule has 0 saturated carbocycles. The van der Waals surface area contributed by atoms with Crippen LogP contribution < -0.4 is 4.74 Å². The van der Waals surface area contributed by atoms with E-state index in [2.05, 4.69) is 46.4 Å². The van der Waals surface area contributed by atoms with Gasteiger partial charge in [-0.25, -0.2) is 9.97 Å². The van der Waals surface area contributed by atoms with Crippen molar-refractivity contribution in [3.05, 3.63) is 16.0 Å². The molecule has 0 spiro atoms. The van der Waals surface area contributed by atoms with Crippen LogP contribution in [0.3, 0.4) is 0 Å². The van der Waals surface area contributed by atoms with Crippen molar-refractivity contribution >= 4 is 22.6 Å². The van der Waals surface area contributed by atoms with E-state index in [4.69, 9.17) is 9.47 Å². The fourth-order valence-electron chi connectivity index (χ4n) is 0.886. The lowest BCUT2D eigenvalue weighted by atomic mass is 10.2. The van der Waals surface area contributed by atoms with Crippen LogP contribution in [0, 0.1) is 9.49 Å². The topological polar surface area (TPSA) is 44.2 Å². The molecule has 0 aliphatic rings. The molecule has 1 aromatic heterocycles. The van der Waals surface area contributed by atoms with Gasteiger partial charge in [-0.15, -0.1) is 0 Å². The van der Waals surface area contributed by atoms with E-state index in [1.807, 2.05) is 0 Å². The lowest BCUT2D eigenvalue weighted by Crippen LogP contribution is -2.11. The number of halogens is 1. The van der Waals surface area contributed by atoms with E-state index < -0.39 is 0 Å². The average molecular weight is 322 g/mol.